The highest BCUT2D eigenvalue weighted by Crippen LogP contribution is 2.24. The van der Waals surface area contributed by atoms with Gasteiger partial charge in [-0.1, -0.05) is 0 Å². The molecule has 0 heterocycles. The molecule has 0 saturated heterocycles. The van der Waals surface area contributed by atoms with E-state index in [0.29, 0.717) is 11.4 Å². The van der Waals surface area contributed by atoms with Gasteiger partial charge in [-0.2, -0.15) is 0 Å². The van der Waals surface area contributed by atoms with Crippen molar-refractivity contribution in [3.05, 3.63) is 53.8 Å². The predicted octanol–water partition coefficient (Wildman–Crippen LogP) is 3.22. The van der Waals surface area contributed by atoms with Gasteiger partial charge in [0.25, 0.3) is 0 Å². The second-order valence-corrected chi connectivity index (χ2v) is 6.05. The van der Waals surface area contributed by atoms with E-state index in [1.54, 1.807) is 0 Å². The third kappa shape index (κ3) is 3.88. The highest BCUT2D eigenvalue weighted by Gasteiger charge is 2.13. The summed E-state index contributed by atoms with van der Waals surface area (Å²) in [5, 5.41) is 2.57. The Morgan fingerprint density at radius 3 is 2.00 bits per heavy atom. The largest absolute Gasteiger partial charge is 0.353 e. The van der Waals surface area contributed by atoms with Gasteiger partial charge in [-0.25, -0.2) is 21.6 Å². The predicted molar refractivity (Wildman–Crippen MR) is 74.5 cm³/mol. The van der Waals surface area contributed by atoms with Gasteiger partial charge in [0.2, 0.25) is 10.0 Å². The molecule has 112 valence electrons. The molecule has 0 aliphatic rings. The van der Waals surface area contributed by atoms with Crippen LogP contribution in [-0.2, 0) is 10.0 Å². The first-order valence-electron chi connectivity index (χ1n) is 5.74. The SMILES string of the molecule is CS(=O)(=O)Nc1ccc(Nc2ccc(F)c(F)c2F)cc1. The smallest absolute Gasteiger partial charge is 0.229 e. The zero-order valence-electron chi connectivity index (χ0n) is 10.8. The molecule has 2 aromatic rings. The van der Waals surface area contributed by atoms with Gasteiger partial charge in [-0.05, 0) is 36.4 Å². The molecule has 0 fully saturated rings. The van der Waals surface area contributed by atoms with Gasteiger partial charge in [-0.3, -0.25) is 4.72 Å². The van der Waals surface area contributed by atoms with Crippen LogP contribution >= 0.6 is 0 Å². The number of hydrogen-bond acceptors (Lipinski definition) is 3. The van der Waals surface area contributed by atoms with Crippen molar-refractivity contribution in [3.8, 4) is 0 Å². The number of anilines is 3. The Bertz CT molecular complexity index is 762. The fourth-order valence-electron chi connectivity index (χ4n) is 1.61. The third-order valence-electron chi connectivity index (χ3n) is 2.50. The fourth-order valence-corrected chi connectivity index (χ4v) is 2.18. The molecule has 0 aliphatic carbocycles. The van der Waals surface area contributed by atoms with E-state index >= 15 is 0 Å². The molecule has 2 rings (SSSR count). The van der Waals surface area contributed by atoms with Crippen LogP contribution in [0.4, 0.5) is 30.2 Å². The Balaban J connectivity index is 2.19. The minimum Gasteiger partial charge on any atom is -0.353 e. The lowest BCUT2D eigenvalue weighted by atomic mass is 10.2. The second kappa shape index (κ2) is 5.65. The minimum absolute atomic E-state index is 0.224. The molecule has 0 aromatic heterocycles. The summed E-state index contributed by atoms with van der Waals surface area (Å²) in [6.45, 7) is 0. The first-order valence-corrected chi connectivity index (χ1v) is 7.64. The van der Waals surface area contributed by atoms with E-state index in [4.69, 9.17) is 0 Å². The topological polar surface area (TPSA) is 58.2 Å². The minimum atomic E-state index is -3.39. The highest BCUT2D eigenvalue weighted by molar-refractivity contribution is 7.92. The fraction of sp³-hybridized carbons (Fsp3) is 0.0769. The van der Waals surface area contributed by atoms with E-state index in [2.05, 4.69) is 10.0 Å². The average Bonchev–Trinajstić information content (AvgIpc) is 2.40. The van der Waals surface area contributed by atoms with Crippen molar-refractivity contribution in [1.82, 2.24) is 0 Å². The van der Waals surface area contributed by atoms with Gasteiger partial charge in [-0.15, -0.1) is 0 Å². The molecule has 0 atom stereocenters. The van der Waals surface area contributed by atoms with E-state index in [1.165, 1.54) is 24.3 Å². The number of halogens is 3. The first kappa shape index (κ1) is 15.2. The lowest BCUT2D eigenvalue weighted by molar-refractivity contribution is 0.449. The molecule has 0 saturated carbocycles. The molecular weight excluding hydrogens is 305 g/mol. The quantitative estimate of drug-likeness (QED) is 0.852. The van der Waals surface area contributed by atoms with Crippen molar-refractivity contribution in [2.75, 3.05) is 16.3 Å². The van der Waals surface area contributed by atoms with E-state index in [0.717, 1.165) is 18.4 Å². The van der Waals surface area contributed by atoms with Crippen LogP contribution < -0.4 is 10.0 Å². The van der Waals surface area contributed by atoms with Gasteiger partial charge >= 0.3 is 0 Å². The molecule has 2 N–H and O–H groups in total. The van der Waals surface area contributed by atoms with Crippen molar-refractivity contribution < 1.29 is 21.6 Å². The van der Waals surface area contributed by atoms with Gasteiger partial charge in [0.15, 0.2) is 17.5 Å². The van der Waals surface area contributed by atoms with Crippen molar-refractivity contribution in [1.29, 1.82) is 0 Å². The Morgan fingerprint density at radius 2 is 1.43 bits per heavy atom. The van der Waals surface area contributed by atoms with Crippen molar-refractivity contribution >= 4 is 27.1 Å². The summed E-state index contributed by atoms with van der Waals surface area (Å²) < 4.78 is 63.7. The van der Waals surface area contributed by atoms with Crippen molar-refractivity contribution in [2.24, 2.45) is 0 Å². The summed E-state index contributed by atoms with van der Waals surface area (Å²) in [4.78, 5) is 0. The zero-order chi connectivity index (χ0) is 15.6. The van der Waals surface area contributed by atoms with Crippen LogP contribution in [0.3, 0.4) is 0 Å². The molecule has 0 bridgehead atoms. The average molecular weight is 316 g/mol. The Morgan fingerprint density at radius 1 is 0.857 bits per heavy atom. The first-order chi connectivity index (χ1) is 9.76. The van der Waals surface area contributed by atoms with Gasteiger partial charge in [0, 0.05) is 11.4 Å². The van der Waals surface area contributed by atoms with E-state index in [1.807, 2.05) is 0 Å². The van der Waals surface area contributed by atoms with Gasteiger partial charge in [0.05, 0.1) is 11.9 Å². The van der Waals surface area contributed by atoms with Crippen molar-refractivity contribution in [2.45, 2.75) is 0 Å². The molecule has 0 unspecified atom stereocenters. The Labute approximate surface area is 119 Å². The van der Waals surface area contributed by atoms with Crippen LogP contribution in [0.25, 0.3) is 0 Å². The number of hydrogen-bond donors (Lipinski definition) is 2. The maximum atomic E-state index is 13.5. The van der Waals surface area contributed by atoms with Crippen LogP contribution in [0.2, 0.25) is 0 Å². The molecule has 21 heavy (non-hydrogen) atoms. The summed E-state index contributed by atoms with van der Waals surface area (Å²) in [5.74, 6) is -4.16. The normalized spacial score (nSPS) is 11.2. The summed E-state index contributed by atoms with van der Waals surface area (Å²) >= 11 is 0. The maximum Gasteiger partial charge on any atom is 0.229 e. The highest BCUT2D eigenvalue weighted by atomic mass is 32.2. The van der Waals surface area contributed by atoms with Crippen LogP contribution in [-0.4, -0.2) is 14.7 Å². The summed E-state index contributed by atoms with van der Waals surface area (Å²) in [6, 6.07) is 7.70. The maximum absolute atomic E-state index is 13.5. The summed E-state index contributed by atoms with van der Waals surface area (Å²) in [6.07, 6.45) is 1.01. The second-order valence-electron chi connectivity index (χ2n) is 4.30. The van der Waals surface area contributed by atoms with Gasteiger partial charge in [0.1, 0.15) is 0 Å². The molecule has 4 nitrogen and oxygen atoms in total. The summed E-state index contributed by atoms with van der Waals surface area (Å²) in [7, 11) is -3.39. The molecule has 2 aromatic carbocycles. The third-order valence-corrected chi connectivity index (χ3v) is 3.11. The number of benzene rings is 2. The van der Waals surface area contributed by atoms with E-state index in [-0.39, 0.29) is 5.69 Å². The monoisotopic (exact) mass is 316 g/mol. The molecule has 0 radical (unpaired) electrons. The van der Waals surface area contributed by atoms with Crippen LogP contribution in [0.15, 0.2) is 36.4 Å². The standard InChI is InChI=1S/C13H11F3N2O2S/c1-21(19,20)18-9-4-2-8(3-5-9)17-11-7-6-10(14)12(15)13(11)16/h2-7,17-18H,1H3. The molecule has 0 aliphatic heterocycles. The van der Waals surface area contributed by atoms with Crippen LogP contribution in [0.5, 0.6) is 0 Å². The molecule has 0 amide bonds. The van der Waals surface area contributed by atoms with E-state index in [9.17, 15) is 21.6 Å². The zero-order valence-corrected chi connectivity index (χ0v) is 11.6. The molecular formula is C13H11F3N2O2S. The summed E-state index contributed by atoms with van der Waals surface area (Å²) in [5.41, 5.74) is 0.491. The number of nitrogens with one attached hydrogen (secondary N) is 2. The van der Waals surface area contributed by atoms with E-state index < -0.39 is 27.5 Å². The lowest BCUT2D eigenvalue weighted by Gasteiger charge is -2.09. The van der Waals surface area contributed by atoms with Crippen LogP contribution in [0.1, 0.15) is 0 Å². The van der Waals surface area contributed by atoms with Crippen LogP contribution in [0, 0.1) is 17.5 Å². The molecule has 0 spiro atoms. The number of rotatable bonds is 4. The number of sulfonamides is 1. The Kier molecular flexibility index (Phi) is 4.08. The lowest BCUT2D eigenvalue weighted by Crippen LogP contribution is -2.09. The molecule has 8 heteroatoms. The van der Waals surface area contributed by atoms with Crippen molar-refractivity contribution in [3.63, 3.8) is 0 Å². The Hall–Kier alpha value is -2.22. The van der Waals surface area contributed by atoms with Gasteiger partial charge < -0.3 is 5.32 Å².